The SMILES string of the molecule is Cn1ccnc1C(N=O)c1ccccc1. The van der Waals surface area contributed by atoms with Crippen molar-refractivity contribution in [2.75, 3.05) is 0 Å². The first-order valence-electron chi connectivity index (χ1n) is 4.67. The molecule has 0 spiro atoms. The fourth-order valence-electron chi connectivity index (χ4n) is 1.53. The molecule has 0 radical (unpaired) electrons. The zero-order chi connectivity index (χ0) is 10.7. The molecule has 0 amide bonds. The van der Waals surface area contributed by atoms with Crippen molar-refractivity contribution in [3.63, 3.8) is 0 Å². The molecule has 0 fully saturated rings. The summed E-state index contributed by atoms with van der Waals surface area (Å²) in [5, 5.41) is 3.13. The van der Waals surface area contributed by atoms with Crippen LogP contribution in [0.5, 0.6) is 0 Å². The third-order valence-corrected chi connectivity index (χ3v) is 2.32. The number of hydrogen-bond donors (Lipinski definition) is 0. The second-order valence-corrected chi connectivity index (χ2v) is 3.31. The summed E-state index contributed by atoms with van der Waals surface area (Å²) in [7, 11) is 1.85. The van der Waals surface area contributed by atoms with Crippen molar-refractivity contribution in [3.8, 4) is 0 Å². The lowest BCUT2D eigenvalue weighted by Gasteiger charge is -2.08. The second-order valence-electron chi connectivity index (χ2n) is 3.31. The van der Waals surface area contributed by atoms with Gasteiger partial charge in [0.15, 0.2) is 6.04 Å². The summed E-state index contributed by atoms with van der Waals surface area (Å²) >= 11 is 0. The molecule has 0 N–H and O–H groups in total. The number of benzene rings is 1. The lowest BCUT2D eigenvalue weighted by Crippen LogP contribution is -2.04. The second kappa shape index (κ2) is 4.04. The third-order valence-electron chi connectivity index (χ3n) is 2.32. The van der Waals surface area contributed by atoms with Gasteiger partial charge < -0.3 is 4.57 Å². The minimum Gasteiger partial charge on any atom is -0.336 e. The van der Waals surface area contributed by atoms with Gasteiger partial charge in [0.25, 0.3) is 0 Å². The fourth-order valence-corrected chi connectivity index (χ4v) is 1.53. The number of aromatic nitrogens is 2. The van der Waals surface area contributed by atoms with Crippen molar-refractivity contribution in [1.82, 2.24) is 9.55 Å². The van der Waals surface area contributed by atoms with Crippen molar-refractivity contribution >= 4 is 0 Å². The van der Waals surface area contributed by atoms with Crippen molar-refractivity contribution in [2.24, 2.45) is 12.2 Å². The quantitative estimate of drug-likeness (QED) is 0.715. The van der Waals surface area contributed by atoms with E-state index < -0.39 is 6.04 Å². The standard InChI is InChI=1S/C11H11N3O/c1-14-8-7-12-11(14)10(13-15)9-5-3-2-4-6-9/h2-8,10H,1H3. The Morgan fingerprint density at radius 2 is 2.07 bits per heavy atom. The molecular weight excluding hydrogens is 190 g/mol. The zero-order valence-electron chi connectivity index (χ0n) is 8.37. The molecule has 76 valence electrons. The van der Waals surface area contributed by atoms with E-state index in [0.29, 0.717) is 5.82 Å². The molecule has 1 unspecified atom stereocenters. The van der Waals surface area contributed by atoms with Crippen LogP contribution in [-0.2, 0) is 7.05 Å². The minimum absolute atomic E-state index is 0.522. The van der Waals surface area contributed by atoms with Gasteiger partial charge in [0.1, 0.15) is 5.82 Å². The maximum Gasteiger partial charge on any atom is 0.174 e. The van der Waals surface area contributed by atoms with Crippen LogP contribution in [0.2, 0.25) is 0 Å². The monoisotopic (exact) mass is 201 g/mol. The predicted octanol–water partition coefficient (Wildman–Crippen LogP) is 2.28. The van der Waals surface area contributed by atoms with E-state index in [2.05, 4.69) is 10.2 Å². The highest BCUT2D eigenvalue weighted by Crippen LogP contribution is 2.23. The Morgan fingerprint density at radius 3 is 2.60 bits per heavy atom. The van der Waals surface area contributed by atoms with Gasteiger partial charge in [-0.3, -0.25) is 0 Å². The summed E-state index contributed by atoms with van der Waals surface area (Å²) in [5.74, 6) is 0.663. The fraction of sp³-hybridized carbons (Fsp3) is 0.182. The topological polar surface area (TPSA) is 47.2 Å². The molecule has 15 heavy (non-hydrogen) atoms. The molecule has 2 aromatic rings. The van der Waals surface area contributed by atoms with E-state index in [1.807, 2.05) is 37.4 Å². The molecule has 1 atom stereocenters. The average Bonchev–Trinajstić information content (AvgIpc) is 2.68. The van der Waals surface area contributed by atoms with Crippen molar-refractivity contribution in [2.45, 2.75) is 6.04 Å². The maximum absolute atomic E-state index is 10.9. The van der Waals surface area contributed by atoms with E-state index in [1.54, 1.807) is 17.0 Å². The first-order chi connectivity index (χ1) is 7.33. The van der Waals surface area contributed by atoms with Crippen LogP contribution in [0.4, 0.5) is 0 Å². The van der Waals surface area contributed by atoms with Crippen molar-refractivity contribution < 1.29 is 0 Å². The highest BCUT2D eigenvalue weighted by molar-refractivity contribution is 5.25. The van der Waals surface area contributed by atoms with Gasteiger partial charge in [0, 0.05) is 19.4 Å². The highest BCUT2D eigenvalue weighted by Gasteiger charge is 2.18. The summed E-state index contributed by atoms with van der Waals surface area (Å²) < 4.78 is 1.80. The van der Waals surface area contributed by atoms with Gasteiger partial charge in [0.2, 0.25) is 0 Å². The van der Waals surface area contributed by atoms with Gasteiger partial charge in [-0.2, -0.15) is 0 Å². The number of rotatable bonds is 3. The van der Waals surface area contributed by atoms with Gasteiger partial charge in [-0.05, 0) is 5.56 Å². The first-order valence-corrected chi connectivity index (χ1v) is 4.67. The molecule has 4 heteroatoms. The van der Waals surface area contributed by atoms with Gasteiger partial charge in [-0.25, -0.2) is 4.98 Å². The van der Waals surface area contributed by atoms with Crippen LogP contribution in [0.3, 0.4) is 0 Å². The van der Waals surface area contributed by atoms with E-state index >= 15 is 0 Å². The van der Waals surface area contributed by atoms with Crippen LogP contribution in [0.1, 0.15) is 17.4 Å². The van der Waals surface area contributed by atoms with Gasteiger partial charge in [0.05, 0.1) is 0 Å². The molecule has 0 aliphatic rings. The molecule has 2 rings (SSSR count). The van der Waals surface area contributed by atoms with Crippen LogP contribution in [-0.4, -0.2) is 9.55 Å². The van der Waals surface area contributed by atoms with E-state index in [1.165, 1.54) is 0 Å². The number of nitroso groups, excluding NO2 is 1. The van der Waals surface area contributed by atoms with Crippen LogP contribution in [0, 0.1) is 4.91 Å². The number of imidazole rings is 1. The largest absolute Gasteiger partial charge is 0.336 e. The molecule has 0 aliphatic carbocycles. The maximum atomic E-state index is 10.9. The Hall–Kier alpha value is -1.97. The minimum atomic E-state index is -0.522. The molecule has 1 heterocycles. The molecule has 0 aliphatic heterocycles. The molecule has 4 nitrogen and oxygen atoms in total. The normalized spacial score (nSPS) is 12.3. The number of aryl methyl sites for hydroxylation is 1. The van der Waals surface area contributed by atoms with E-state index in [4.69, 9.17) is 0 Å². The van der Waals surface area contributed by atoms with Gasteiger partial charge >= 0.3 is 0 Å². The molecule has 1 aromatic heterocycles. The van der Waals surface area contributed by atoms with Crippen molar-refractivity contribution in [3.05, 3.63) is 59.0 Å². The molecule has 1 aromatic carbocycles. The lowest BCUT2D eigenvalue weighted by atomic mass is 10.1. The number of nitrogens with zero attached hydrogens (tertiary/aromatic N) is 3. The van der Waals surface area contributed by atoms with E-state index in [-0.39, 0.29) is 0 Å². The molecule has 0 saturated heterocycles. The average molecular weight is 201 g/mol. The Labute approximate surface area is 87.6 Å². The van der Waals surface area contributed by atoms with Crippen LogP contribution in [0.25, 0.3) is 0 Å². The number of hydrogen-bond acceptors (Lipinski definition) is 3. The van der Waals surface area contributed by atoms with Gasteiger partial charge in [-0.1, -0.05) is 35.5 Å². The Balaban J connectivity index is 2.42. The summed E-state index contributed by atoms with van der Waals surface area (Å²) in [5.41, 5.74) is 0.863. The van der Waals surface area contributed by atoms with Crippen LogP contribution in [0.15, 0.2) is 47.9 Å². The van der Waals surface area contributed by atoms with Gasteiger partial charge in [-0.15, -0.1) is 4.91 Å². The first kappa shape index (κ1) is 9.58. The Bertz CT molecular complexity index is 450. The predicted molar refractivity (Wildman–Crippen MR) is 57.3 cm³/mol. The summed E-state index contributed by atoms with van der Waals surface area (Å²) in [6, 6.07) is 8.91. The van der Waals surface area contributed by atoms with E-state index in [0.717, 1.165) is 5.56 Å². The smallest absolute Gasteiger partial charge is 0.174 e. The lowest BCUT2D eigenvalue weighted by molar-refractivity contribution is 0.714. The Kier molecular flexibility index (Phi) is 2.58. The summed E-state index contributed by atoms with van der Waals surface area (Å²) in [6.07, 6.45) is 3.47. The summed E-state index contributed by atoms with van der Waals surface area (Å²) in [6.45, 7) is 0. The molecular formula is C11H11N3O. The Morgan fingerprint density at radius 1 is 1.33 bits per heavy atom. The highest BCUT2D eigenvalue weighted by atomic mass is 16.3. The zero-order valence-corrected chi connectivity index (χ0v) is 8.37. The van der Waals surface area contributed by atoms with Crippen LogP contribution < -0.4 is 0 Å². The third kappa shape index (κ3) is 1.79. The van der Waals surface area contributed by atoms with Crippen molar-refractivity contribution in [1.29, 1.82) is 0 Å². The molecule has 0 bridgehead atoms. The summed E-state index contributed by atoms with van der Waals surface area (Å²) in [4.78, 5) is 15.0. The molecule has 0 saturated carbocycles. The van der Waals surface area contributed by atoms with E-state index in [9.17, 15) is 4.91 Å². The van der Waals surface area contributed by atoms with Crippen LogP contribution >= 0.6 is 0 Å².